The van der Waals surface area contributed by atoms with Crippen LogP contribution in [0.1, 0.15) is 96.7 Å². The summed E-state index contributed by atoms with van der Waals surface area (Å²) in [6, 6.07) is 10.8. The van der Waals surface area contributed by atoms with Crippen molar-refractivity contribution in [3.63, 3.8) is 0 Å². The number of rotatable bonds is 15. The van der Waals surface area contributed by atoms with Gasteiger partial charge in [-0.3, -0.25) is 0 Å². The number of aromatic nitrogens is 2. The number of nitrogens with zero attached hydrogens (tertiary/aromatic N) is 2. The molecule has 0 aliphatic heterocycles. The summed E-state index contributed by atoms with van der Waals surface area (Å²) in [5, 5.41) is 0. The number of para-hydroxylation sites is 1. The van der Waals surface area contributed by atoms with E-state index in [2.05, 4.69) is 65.7 Å². The molecule has 0 fully saturated rings. The molecule has 0 atom stereocenters. The molecule has 0 spiro atoms. The third-order valence-electron chi connectivity index (χ3n) is 5.55. The molecular formula is C25H41N2+. The maximum Gasteiger partial charge on any atom is 0.261 e. The van der Waals surface area contributed by atoms with Gasteiger partial charge in [0, 0.05) is 6.42 Å². The quantitative estimate of drug-likeness (QED) is 0.235. The Balaban J connectivity index is 1.75. The average molecular weight is 370 g/mol. The molecule has 0 saturated carbocycles. The maximum atomic E-state index is 2.49. The first kappa shape index (κ1) is 21.7. The van der Waals surface area contributed by atoms with Gasteiger partial charge in [0.05, 0.1) is 6.54 Å². The van der Waals surface area contributed by atoms with E-state index in [1.807, 2.05) is 0 Å². The van der Waals surface area contributed by atoms with Gasteiger partial charge in [-0.25, -0.2) is 4.57 Å². The second-order valence-electron chi connectivity index (χ2n) is 7.90. The third-order valence-corrected chi connectivity index (χ3v) is 5.55. The molecule has 1 aromatic carbocycles. The SMILES string of the molecule is CCCCCCCCCCCC[n+]1ccn(-c2ccccc2)c1CCCC. The van der Waals surface area contributed by atoms with Crippen LogP contribution in [0.2, 0.25) is 0 Å². The zero-order valence-electron chi connectivity index (χ0n) is 17.8. The van der Waals surface area contributed by atoms with Crippen LogP contribution >= 0.6 is 0 Å². The predicted octanol–water partition coefficient (Wildman–Crippen LogP) is 7.03. The Morgan fingerprint density at radius 2 is 1.30 bits per heavy atom. The van der Waals surface area contributed by atoms with Crippen LogP contribution in [0.4, 0.5) is 0 Å². The molecule has 2 nitrogen and oxygen atoms in total. The van der Waals surface area contributed by atoms with Gasteiger partial charge in [0.25, 0.3) is 5.82 Å². The van der Waals surface area contributed by atoms with E-state index in [4.69, 9.17) is 0 Å². The Labute approximate surface area is 167 Å². The monoisotopic (exact) mass is 369 g/mol. The van der Waals surface area contributed by atoms with E-state index < -0.39 is 0 Å². The Kier molecular flexibility index (Phi) is 10.9. The lowest BCUT2D eigenvalue weighted by atomic mass is 10.1. The van der Waals surface area contributed by atoms with Crippen molar-refractivity contribution in [2.45, 2.75) is 104 Å². The number of aryl methyl sites for hydroxylation is 1. The van der Waals surface area contributed by atoms with Gasteiger partial charge in [0.1, 0.15) is 18.1 Å². The van der Waals surface area contributed by atoms with Crippen LogP contribution in [0.5, 0.6) is 0 Å². The van der Waals surface area contributed by atoms with Gasteiger partial charge in [-0.2, -0.15) is 4.57 Å². The van der Waals surface area contributed by atoms with Crippen LogP contribution in [-0.2, 0) is 13.0 Å². The van der Waals surface area contributed by atoms with Crippen molar-refractivity contribution in [3.8, 4) is 5.69 Å². The molecule has 0 aliphatic carbocycles. The molecule has 27 heavy (non-hydrogen) atoms. The van der Waals surface area contributed by atoms with E-state index >= 15 is 0 Å². The first-order chi connectivity index (χ1) is 13.4. The van der Waals surface area contributed by atoms with Crippen LogP contribution in [0, 0.1) is 0 Å². The minimum atomic E-state index is 1.16. The van der Waals surface area contributed by atoms with Gasteiger partial charge < -0.3 is 0 Å². The zero-order valence-corrected chi connectivity index (χ0v) is 17.8. The number of imidazole rings is 1. The zero-order chi connectivity index (χ0) is 19.2. The van der Waals surface area contributed by atoms with Crippen molar-refractivity contribution >= 4 is 0 Å². The van der Waals surface area contributed by atoms with Crippen LogP contribution in [-0.4, -0.2) is 4.57 Å². The molecule has 2 rings (SSSR count). The number of unbranched alkanes of at least 4 members (excludes halogenated alkanes) is 10. The number of hydrogen-bond donors (Lipinski definition) is 0. The van der Waals surface area contributed by atoms with Gasteiger partial charge in [0.2, 0.25) is 0 Å². The van der Waals surface area contributed by atoms with Gasteiger partial charge >= 0.3 is 0 Å². The first-order valence-electron chi connectivity index (χ1n) is 11.5. The first-order valence-corrected chi connectivity index (χ1v) is 11.5. The molecule has 1 heterocycles. The summed E-state index contributed by atoms with van der Waals surface area (Å²) in [6.45, 7) is 5.73. The van der Waals surface area contributed by atoms with E-state index in [1.165, 1.54) is 88.6 Å². The minimum Gasteiger partial charge on any atom is -0.234 e. The van der Waals surface area contributed by atoms with E-state index in [0.717, 1.165) is 13.0 Å². The minimum absolute atomic E-state index is 1.16. The highest BCUT2D eigenvalue weighted by atomic mass is 15.1. The van der Waals surface area contributed by atoms with Crippen molar-refractivity contribution in [1.29, 1.82) is 0 Å². The smallest absolute Gasteiger partial charge is 0.234 e. The summed E-state index contributed by atoms with van der Waals surface area (Å²) in [7, 11) is 0. The fourth-order valence-electron chi connectivity index (χ4n) is 3.85. The highest BCUT2D eigenvalue weighted by Gasteiger charge is 2.17. The highest BCUT2D eigenvalue weighted by Crippen LogP contribution is 2.13. The lowest BCUT2D eigenvalue weighted by Gasteiger charge is -2.05. The van der Waals surface area contributed by atoms with Crippen molar-refractivity contribution in [1.82, 2.24) is 4.57 Å². The molecule has 0 amide bonds. The summed E-state index contributed by atoms with van der Waals surface area (Å²) in [5.74, 6) is 1.46. The van der Waals surface area contributed by atoms with Gasteiger partial charge in [-0.1, -0.05) is 89.8 Å². The lowest BCUT2D eigenvalue weighted by Crippen LogP contribution is -2.37. The van der Waals surface area contributed by atoms with E-state index in [-0.39, 0.29) is 0 Å². The second kappa shape index (κ2) is 13.6. The Bertz CT molecular complexity index is 600. The Morgan fingerprint density at radius 3 is 1.93 bits per heavy atom. The lowest BCUT2D eigenvalue weighted by molar-refractivity contribution is -0.704. The van der Waals surface area contributed by atoms with Crippen LogP contribution in [0.3, 0.4) is 0 Å². The fraction of sp³-hybridized carbons (Fsp3) is 0.640. The average Bonchev–Trinajstić information content (AvgIpc) is 3.11. The van der Waals surface area contributed by atoms with Gasteiger partial charge in [0.15, 0.2) is 0 Å². The van der Waals surface area contributed by atoms with E-state index in [9.17, 15) is 0 Å². The third kappa shape index (κ3) is 7.91. The molecule has 150 valence electrons. The van der Waals surface area contributed by atoms with Crippen LogP contribution in [0.25, 0.3) is 5.69 Å². The molecule has 0 N–H and O–H groups in total. The van der Waals surface area contributed by atoms with Crippen LogP contribution in [0.15, 0.2) is 42.7 Å². The molecule has 0 unspecified atom stereocenters. The van der Waals surface area contributed by atoms with Crippen molar-refractivity contribution in [2.24, 2.45) is 0 Å². The summed E-state index contributed by atoms with van der Waals surface area (Å²) in [5.41, 5.74) is 1.28. The molecule has 0 saturated heterocycles. The van der Waals surface area contributed by atoms with Crippen molar-refractivity contribution in [2.75, 3.05) is 0 Å². The summed E-state index contributed by atoms with van der Waals surface area (Å²) in [6.07, 6.45) is 22.2. The Morgan fingerprint density at radius 1 is 0.704 bits per heavy atom. The summed E-state index contributed by atoms with van der Waals surface area (Å²) < 4.78 is 4.87. The number of hydrogen-bond acceptors (Lipinski definition) is 0. The van der Waals surface area contributed by atoms with E-state index in [0.29, 0.717) is 0 Å². The van der Waals surface area contributed by atoms with Gasteiger partial charge in [-0.15, -0.1) is 0 Å². The largest absolute Gasteiger partial charge is 0.261 e. The van der Waals surface area contributed by atoms with Crippen molar-refractivity contribution < 1.29 is 4.57 Å². The summed E-state index contributed by atoms with van der Waals surface area (Å²) >= 11 is 0. The maximum absolute atomic E-state index is 2.49. The Hall–Kier alpha value is -1.57. The molecule has 1 aromatic heterocycles. The van der Waals surface area contributed by atoms with Crippen molar-refractivity contribution in [3.05, 3.63) is 48.5 Å². The molecule has 2 aromatic rings. The van der Waals surface area contributed by atoms with Crippen LogP contribution < -0.4 is 4.57 Å². The van der Waals surface area contributed by atoms with Gasteiger partial charge in [-0.05, 0) is 31.4 Å². The fourth-order valence-corrected chi connectivity index (χ4v) is 3.85. The molecule has 0 bridgehead atoms. The summed E-state index contributed by atoms with van der Waals surface area (Å²) in [4.78, 5) is 0. The second-order valence-corrected chi connectivity index (χ2v) is 7.90. The molecule has 0 aliphatic rings. The molecule has 0 radical (unpaired) electrons. The topological polar surface area (TPSA) is 8.81 Å². The standard InChI is InChI=1S/C25H41N2/c1-3-5-7-8-9-10-11-12-13-17-21-26-22-23-27(25(26)20-6-4-2)24-18-15-14-16-19-24/h14-16,18-19,22-23H,3-13,17,20-21H2,1-2H3/q+1. The highest BCUT2D eigenvalue weighted by molar-refractivity contribution is 5.31. The van der Waals surface area contributed by atoms with E-state index in [1.54, 1.807) is 0 Å². The predicted molar refractivity (Wildman–Crippen MR) is 116 cm³/mol. The normalized spacial score (nSPS) is 11.2. The number of benzene rings is 1. The molecule has 2 heteroatoms. The molecular weight excluding hydrogens is 328 g/mol.